The zero-order valence-electron chi connectivity index (χ0n) is 13.7. The first-order chi connectivity index (χ1) is 11.3. The summed E-state index contributed by atoms with van der Waals surface area (Å²) in [4.78, 5) is 13.8. The van der Waals surface area contributed by atoms with Crippen molar-refractivity contribution in [1.82, 2.24) is 9.62 Å². The second-order valence-corrected chi connectivity index (χ2v) is 8.15. The van der Waals surface area contributed by atoms with E-state index in [9.17, 15) is 13.2 Å². The lowest BCUT2D eigenvalue weighted by Gasteiger charge is -2.25. The molecule has 2 rings (SSSR count). The van der Waals surface area contributed by atoms with Gasteiger partial charge < -0.3 is 9.64 Å². The summed E-state index contributed by atoms with van der Waals surface area (Å²) in [6.07, 6.45) is 0. The number of methoxy groups -OCH3 is 1. The number of ether oxygens (including phenoxy) is 1. The third-order valence-corrected chi connectivity index (χ3v) is 6.54. The molecule has 0 radical (unpaired) electrons. The molecule has 8 heteroatoms. The lowest BCUT2D eigenvalue weighted by atomic mass is 10.1. The Morgan fingerprint density at radius 2 is 1.96 bits per heavy atom. The van der Waals surface area contributed by atoms with Gasteiger partial charge >= 0.3 is 0 Å². The van der Waals surface area contributed by atoms with Crippen LogP contribution in [-0.2, 0) is 14.8 Å². The fourth-order valence-electron chi connectivity index (χ4n) is 2.09. The number of carbonyl (C=O) groups excluding carboxylic acids is 1. The van der Waals surface area contributed by atoms with E-state index in [1.54, 1.807) is 25.6 Å². The van der Waals surface area contributed by atoms with Crippen LogP contribution in [0.3, 0.4) is 0 Å². The van der Waals surface area contributed by atoms with Gasteiger partial charge in [0.2, 0.25) is 5.91 Å². The molecule has 1 aromatic carbocycles. The van der Waals surface area contributed by atoms with E-state index in [2.05, 4.69) is 4.72 Å². The number of carbonyl (C=O) groups is 1. The van der Waals surface area contributed by atoms with Crippen LogP contribution in [0.2, 0.25) is 0 Å². The summed E-state index contributed by atoms with van der Waals surface area (Å²) in [6.45, 7) is 1.60. The maximum Gasteiger partial charge on any atom is 0.250 e. The van der Waals surface area contributed by atoms with E-state index in [1.165, 1.54) is 11.0 Å². The van der Waals surface area contributed by atoms with Gasteiger partial charge in [-0.2, -0.15) is 0 Å². The Morgan fingerprint density at radius 1 is 1.29 bits per heavy atom. The van der Waals surface area contributed by atoms with Crippen molar-refractivity contribution in [3.8, 4) is 5.75 Å². The minimum absolute atomic E-state index is 0.186. The molecule has 0 aliphatic carbocycles. The summed E-state index contributed by atoms with van der Waals surface area (Å²) in [7, 11) is -0.400. The van der Waals surface area contributed by atoms with Gasteiger partial charge in [0.25, 0.3) is 10.0 Å². The Labute approximate surface area is 146 Å². The van der Waals surface area contributed by atoms with Crippen LogP contribution in [0.5, 0.6) is 5.75 Å². The number of benzene rings is 1. The van der Waals surface area contributed by atoms with Gasteiger partial charge in [-0.05, 0) is 36.1 Å². The molecule has 2 aromatic rings. The van der Waals surface area contributed by atoms with Gasteiger partial charge in [0.05, 0.1) is 19.7 Å². The van der Waals surface area contributed by atoms with Crippen molar-refractivity contribution in [1.29, 1.82) is 0 Å². The van der Waals surface area contributed by atoms with Crippen LogP contribution in [-0.4, -0.2) is 39.9 Å². The standard InChI is InChI=1S/C16H20N2O4S2/c1-12(13-6-8-14(22-3)9-7-13)18(2)15(19)11-17-24(20,21)16-5-4-10-23-16/h4-10,12,17H,11H2,1-3H3. The summed E-state index contributed by atoms with van der Waals surface area (Å²) >= 11 is 1.11. The molecule has 6 nitrogen and oxygen atoms in total. The Hall–Kier alpha value is -1.90. The lowest BCUT2D eigenvalue weighted by molar-refractivity contribution is -0.130. The summed E-state index contributed by atoms with van der Waals surface area (Å²) in [5, 5.41) is 1.67. The van der Waals surface area contributed by atoms with Crippen LogP contribution in [0.15, 0.2) is 46.0 Å². The lowest BCUT2D eigenvalue weighted by Crippen LogP contribution is -2.39. The molecule has 0 bridgehead atoms. The SMILES string of the molecule is COc1ccc(C(C)N(C)C(=O)CNS(=O)(=O)c2cccs2)cc1. The Kier molecular flexibility index (Phi) is 5.98. The number of sulfonamides is 1. The highest BCUT2D eigenvalue weighted by Gasteiger charge is 2.21. The number of nitrogens with zero attached hydrogens (tertiary/aromatic N) is 1. The Bertz CT molecular complexity index is 771. The van der Waals surface area contributed by atoms with Crippen LogP contribution >= 0.6 is 11.3 Å². The normalized spacial score (nSPS) is 12.6. The van der Waals surface area contributed by atoms with E-state index in [4.69, 9.17) is 4.74 Å². The zero-order chi connectivity index (χ0) is 17.7. The second kappa shape index (κ2) is 7.78. The molecule has 1 N–H and O–H groups in total. The number of amides is 1. The fraction of sp³-hybridized carbons (Fsp3) is 0.312. The van der Waals surface area contributed by atoms with Crippen LogP contribution in [0.4, 0.5) is 0 Å². The molecular formula is C16H20N2O4S2. The first-order valence-corrected chi connectivity index (χ1v) is 9.64. The number of hydrogen-bond acceptors (Lipinski definition) is 5. The quantitative estimate of drug-likeness (QED) is 0.813. The number of nitrogens with one attached hydrogen (secondary N) is 1. The first-order valence-electron chi connectivity index (χ1n) is 7.28. The van der Waals surface area contributed by atoms with Crippen molar-refractivity contribution in [3.05, 3.63) is 47.3 Å². The summed E-state index contributed by atoms with van der Waals surface area (Å²) in [5.41, 5.74) is 0.938. The van der Waals surface area contributed by atoms with Crippen molar-refractivity contribution in [2.75, 3.05) is 20.7 Å². The van der Waals surface area contributed by atoms with Gasteiger partial charge in [-0.15, -0.1) is 11.3 Å². The molecule has 0 aliphatic rings. The van der Waals surface area contributed by atoms with Crippen molar-refractivity contribution in [3.63, 3.8) is 0 Å². The number of thiophene rings is 1. The van der Waals surface area contributed by atoms with Crippen LogP contribution in [0, 0.1) is 0 Å². The third kappa shape index (κ3) is 4.34. The summed E-state index contributed by atoms with van der Waals surface area (Å²) < 4.78 is 31.7. The highest BCUT2D eigenvalue weighted by molar-refractivity contribution is 7.91. The average molecular weight is 368 g/mol. The maximum atomic E-state index is 12.3. The van der Waals surface area contributed by atoms with Gasteiger partial charge in [0.1, 0.15) is 9.96 Å². The van der Waals surface area contributed by atoms with E-state index in [-0.39, 0.29) is 22.7 Å². The molecule has 1 amide bonds. The van der Waals surface area contributed by atoms with E-state index in [0.717, 1.165) is 22.6 Å². The van der Waals surface area contributed by atoms with Crippen molar-refractivity contribution < 1.29 is 17.9 Å². The molecule has 1 aromatic heterocycles. The average Bonchev–Trinajstić information content (AvgIpc) is 3.14. The van der Waals surface area contributed by atoms with E-state index in [0.29, 0.717) is 0 Å². The molecule has 0 spiro atoms. The number of hydrogen-bond donors (Lipinski definition) is 1. The fourth-order valence-corrected chi connectivity index (χ4v) is 4.10. The molecule has 0 saturated heterocycles. The topological polar surface area (TPSA) is 75.7 Å². The molecular weight excluding hydrogens is 348 g/mol. The Morgan fingerprint density at radius 3 is 2.50 bits per heavy atom. The number of rotatable bonds is 7. The molecule has 0 fully saturated rings. The molecule has 1 unspecified atom stereocenters. The third-order valence-electron chi connectivity index (χ3n) is 3.75. The van der Waals surface area contributed by atoms with E-state index >= 15 is 0 Å². The molecule has 24 heavy (non-hydrogen) atoms. The summed E-state index contributed by atoms with van der Waals surface area (Å²) in [5.74, 6) is 0.432. The monoisotopic (exact) mass is 368 g/mol. The smallest absolute Gasteiger partial charge is 0.250 e. The predicted molar refractivity (Wildman–Crippen MR) is 93.7 cm³/mol. The van der Waals surface area contributed by atoms with Gasteiger partial charge in [0.15, 0.2) is 0 Å². The molecule has 1 atom stereocenters. The van der Waals surface area contributed by atoms with Gasteiger partial charge in [-0.3, -0.25) is 4.79 Å². The van der Waals surface area contributed by atoms with Crippen molar-refractivity contribution in [2.24, 2.45) is 0 Å². The Balaban J connectivity index is 1.98. The molecule has 0 aliphatic heterocycles. The minimum Gasteiger partial charge on any atom is -0.497 e. The van der Waals surface area contributed by atoms with Crippen LogP contribution in [0.1, 0.15) is 18.5 Å². The van der Waals surface area contributed by atoms with Crippen LogP contribution in [0.25, 0.3) is 0 Å². The van der Waals surface area contributed by atoms with E-state index in [1.807, 2.05) is 31.2 Å². The minimum atomic E-state index is -3.64. The predicted octanol–water partition coefficient (Wildman–Crippen LogP) is 2.25. The van der Waals surface area contributed by atoms with Gasteiger partial charge in [-0.25, -0.2) is 13.1 Å². The summed E-state index contributed by atoms with van der Waals surface area (Å²) in [6, 6.07) is 10.4. The largest absolute Gasteiger partial charge is 0.497 e. The van der Waals surface area contributed by atoms with Crippen molar-refractivity contribution >= 4 is 27.3 Å². The number of likely N-dealkylation sites (N-methyl/N-ethyl adjacent to an activating group) is 1. The van der Waals surface area contributed by atoms with Crippen molar-refractivity contribution in [2.45, 2.75) is 17.2 Å². The molecule has 1 heterocycles. The zero-order valence-corrected chi connectivity index (χ0v) is 15.4. The highest BCUT2D eigenvalue weighted by atomic mass is 32.2. The van der Waals surface area contributed by atoms with Gasteiger partial charge in [-0.1, -0.05) is 18.2 Å². The van der Waals surface area contributed by atoms with Gasteiger partial charge in [0, 0.05) is 7.05 Å². The maximum absolute atomic E-state index is 12.3. The second-order valence-electron chi connectivity index (χ2n) is 5.21. The molecule has 0 saturated carbocycles. The highest BCUT2D eigenvalue weighted by Crippen LogP contribution is 2.21. The van der Waals surface area contributed by atoms with Crippen LogP contribution < -0.4 is 9.46 Å². The first kappa shape index (κ1) is 18.4. The van der Waals surface area contributed by atoms with E-state index < -0.39 is 10.0 Å². The molecule has 130 valence electrons.